The van der Waals surface area contributed by atoms with Gasteiger partial charge in [-0.1, -0.05) is 0 Å². The first-order valence-electron chi connectivity index (χ1n) is 7.05. The molecular weight excluding hydrogens is 334 g/mol. The van der Waals surface area contributed by atoms with Crippen molar-refractivity contribution >= 4 is 12.0 Å². The topological polar surface area (TPSA) is 82.5 Å². The number of carbonyl (C=O) groups excluding carboxylic acids is 1. The van der Waals surface area contributed by atoms with E-state index in [1.54, 1.807) is 0 Å². The molecule has 6 nitrogen and oxygen atoms in total. The summed E-state index contributed by atoms with van der Waals surface area (Å²) in [5.74, 6) is -6.04. The van der Waals surface area contributed by atoms with Gasteiger partial charge in [-0.05, 0) is 18.6 Å². The molecule has 132 valence electrons. The van der Waals surface area contributed by atoms with Gasteiger partial charge in [0.05, 0.1) is 24.1 Å². The van der Waals surface area contributed by atoms with Crippen molar-refractivity contribution in [2.24, 2.45) is 11.8 Å². The Hall–Kier alpha value is -2.39. The van der Waals surface area contributed by atoms with E-state index < -0.39 is 55.0 Å². The lowest BCUT2D eigenvalue weighted by Gasteiger charge is -2.21. The molecule has 3 atom stereocenters. The fourth-order valence-corrected chi connectivity index (χ4v) is 2.58. The summed E-state index contributed by atoms with van der Waals surface area (Å²) in [7, 11) is 0. The molecule has 0 saturated carbocycles. The van der Waals surface area contributed by atoms with Gasteiger partial charge in [0.1, 0.15) is 5.82 Å². The third kappa shape index (κ3) is 3.92. The highest BCUT2D eigenvalue weighted by atomic mass is 19.4. The van der Waals surface area contributed by atoms with Gasteiger partial charge in [0.15, 0.2) is 0 Å². The number of hydrogen-bond donors (Lipinski definition) is 2. The molecule has 2 heterocycles. The van der Waals surface area contributed by atoms with E-state index in [0.717, 1.165) is 17.2 Å². The van der Waals surface area contributed by atoms with Crippen molar-refractivity contribution in [3.8, 4) is 0 Å². The van der Waals surface area contributed by atoms with Gasteiger partial charge in [0.25, 0.3) is 0 Å². The number of rotatable bonds is 3. The van der Waals surface area contributed by atoms with Crippen LogP contribution in [-0.4, -0.2) is 46.3 Å². The summed E-state index contributed by atoms with van der Waals surface area (Å²) < 4.78 is 51.8. The normalized spacial score (nSPS) is 22.3. The first kappa shape index (κ1) is 18.0. The fraction of sp³-hybridized carbons (Fsp3) is 0.500. The molecule has 0 aliphatic carbocycles. The van der Waals surface area contributed by atoms with Gasteiger partial charge in [0, 0.05) is 19.3 Å². The summed E-state index contributed by atoms with van der Waals surface area (Å²) in [6, 6.07) is -0.404. The van der Waals surface area contributed by atoms with Crippen molar-refractivity contribution in [2.75, 3.05) is 13.1 Å². The monoisotopic (exact) mass is 349 g/mol. The van der Waals surface area contributed by atoms with Crippen molar-refractivity contribution in [3.63, 3.8) is 0 Å². The lowest BCUT2D eigenvalue weighted by atomic mass is 9.96. The molecule has 2 N–H and O–H groups in total. The van der Waals surface area contributed by atoms with Crippen LogP contribution in [0.15, 0.2) is 18.5 Å². The summed E-state index contributed by atoms with van der Waals surface area (Å²) >= 11 is 0. The van der Waals surface area contributed by atoms with Crippen molar-refractivity contribution in [1.82, 2.24) is 15.2 Å². The van der Waals surface area contributed by atoms with Gasteiger partial charge in [-0.2, -0.15) is 13.2 Å². The highest BCUT2D eigenvalue weighted by Crippen LogP contribution is 2.37. The predicted molar refractivity (Wildman–Crippen MR) is 73.4 cm³/mol. The average Bonchev–Trinajstić information content (AvgIpc) is 2.92. The summed E-state index contributed by atoms with van der Waals surface area (Å²) in [5, 5.41) is 11.3. The van der Waals surface area contributed by atoms with Crippen LogP contribution in [0.3, 0.4) is 0 Å². The molecule has 0 bridgehead atoms. The van der Waals surface area contributed by atoms with Crippen molar-refractivity contribution < 1.29 is 32.3 Å². The minimum absolute atomic E-state index is 0.338. The number of carboxylic acid groups (broad SMARTS) is 1. The lowest BCUT2D eigenvalue weighted by Crippen LogP contribution is -2.40. The van der Waals surface area contributed by atoms with E-state index >= 15 is 0 Å². The third-order valence-corrected chi connectivity index (χ3v) is 3.91. The lowest BCUT2D eigenvalue weighted by molar-refractivity contribution is -0.187. The number of nitrogens with one attached hydrogen (secondary N) is 1. The van der Waals surface area contributed by atoms with Gasteiger partial charge in [-0.25, -0.2) is 9.18 Å². The van der Waals surface area contributed by atoms with Crippen LogP contribution in [0.4, 0.5) is 22.4 Å². The van der Waals surface area contributed by atoms with Crippen LogP contribution >= 0.6 is 0 Å². The number of nitrogens with zero attached hydrogens (tertiary/aromatic N) is 2. The predicted octanol–water partition coefficient (Wildman–Crippen LogP) is 2.19. The molecule has 1 unspecified atom stereocenters. The van der Waals surface area contributed by atoms with Gasteiger partial charge in [-0.15, -0.1) is 0 Å². The molecule has 1 aromatic rings. The van der Waals surface area contributed by atoms with E-state index in [9.17, 15) is 27.2 Å². The van der Waals surface area contributed by atoms with Crippen molar-refractivity contribution in [1.29, 1.82) is 0 Å². The molecule has 2 amide bonds. The van der Waals surface area contributed by atoms with Crippen LogP contribution in [0.25, 0.3) is 0 Å². The second kappa shape index (κ2) is 6.62. The number of alkyl halides is 3. The smallest absolute Gasteiger partial charge is 0.394 e. The van der Waals surface area contributed by atoms with E-state index in [2.05, 4.69) is 10.3 Å². The van der Waals surface area contributed by atoms with E-state index in [0.29, 0.717) is 5.56 Å². The zero-order valence-corrected chi connectivity index (χ0v) is 12.5. The maximum absolute atomic E-state index is 13.1. The number of likely N-dealkylation sites (tertiary alicyclic amines) is 1. The maximum atomic E-state index is 13.1. The first-order chi connectivity index (χ1) is 11.1. The number of aliphatic carboxylic acids is 1. The Labute approximate surface area is 134 Å². The molecule has 1 aliphatic rings. The number of hydrogen-bond acceptors (Lipinski definition) is 3. The Kier molecular flexibility index (Phi) is 4.95. The number of pyridine rings is 1. The van der Waals surface area contributed by atoms with E-state index in [-0.39, 0.29) is 0 Å². The quantitative estimate of drug-likeness (QED) is 0.820. The minimum Gasteiger partial charge on any atom is -0.481 e. The Balaban J connectivity index is 2.06. The SMILES string of the molecule is CC(NC(=O)N1C[C@@H](C(F)(F)F)[C@H](C(=O)O)C1)c1cncc(F)c1. The summed E-state index contributed by atoms with van der Waals surface area (Å²) in [5.41, 5.74) is 0.338. The average molecular weight is 349 g/mol. The Bertz CT molecular complexity index is 638. The van der Waals surface area contributed by atoms with Gasteiger partial charge < -0.3 is 15.3 Å². The van der Waals surface area contributed by atoms with E-state index in [1.807, 2.05) is 0 Å². The van der Waals surface area contributed by atoms with Crippen LogP contribution in [0, 0.1) is 17.7 Å². The van der Waals surface area contributed by atoms with E-state index in [4.69, 9.17) is 5.11 Å². The van der Waals surface area contributed by atoms with Crippen LogP contribution < -0.4 is 5.32 Å². The van der Waals surface area contributed by atoms with Gasteiger partial charge in [-0.3, -0.25) is 9.78 Å². The molecule has 0 aromatic carbocycles. The van der Waals surface area contributed by atoms with Crippen LogP contribution in [0.1, 0.15) is 18.5 Å². The molecular formula is C14H15F4N3O3. The van der Waals surface area contributed by atoms with Crippen LogP contribution in [0.5, 0.6) is 0 Å². The highest BCUT2D eigenvalue weighted by Gasteiger charge is 2.53. The fourth-order valence-electron chi connectivity index (χ4n) is 2.58. The minimum atomic E-state index is -4.71. The molecule has 1 aromatic heterocycles. The Morgan fingerprint density at radius 2 is 2.04 bits per heavy atom. The first-order valence-corrected chi connectivity index (χ1v) is 7.05. The highest BCUT2D eigenvalue weighted by molar-refractivity contribution is 5.78. The second-order valence-corrected chi connectivity index (χ2v) is 5.61. The number of carboxylic acids is 1. The Morgan fingerprint density at radius 1 is 1.38 bits per heavy atom. The largest absolute Gasteiger partial charge is 0.481 e. The van der Waals surface area contributed by atoms with Crippen molar-refractivity contribution in [2.45, 2.75) is 19.1 Å². The summed E-state index contributed by atoms with van der Waals surface area (Å²) in [6.07, 6.45) is -2.42. The number of aromatic nitrogens is 1. The summed E-state index contributed by atoms with van der Waals surface area (Å²) in [4.78, 5) is 27.5. The van der Waals surface area contributed by atoms with Crippen molar-refractivity contribution in [3.05, 3.63) is 29.8 Å². The third-order valence-electron chi connectivity index (χ3n) is 3.91. The molecule has 0 radical (unpaired) electrons. The second-order valence-electron chi connectivity index (χ2n) is 5.61. The molecule has 24 heavy (non-hydrogen) atoms. The molecule has 0 spiro atoms. The van der Waals surface area contributed by atoms with Gasteiger partial charge >= 0.3 is 18.2 Å². The van der Waals surface area contributed by atoms with Crippen LogP contribution in [-0.2, 0) is 4.79 Å². The number of urea groups is 1. The maximum Gasteiger partial charge on any atom is 0.394 e. The van der Waals surface area contributed by atoms with Gasteiger partial charge in [0.2, 0.25) is 0 Å². The molecule has 1 fully saturated rings. The number of halogens is 4. The van der Waals surface area contributed by atoms with Crippen LogP contribution in [0.2, 0.25) is 0 Å². The zero-order chi connectivity index (χ0) is 18.1. The number of amides is 2. The summed E-state index contributed by atoms with van der Waals surface area (Å²) in [6.45, 7) is 0.236. The standard InChI is InChI=1S/C14H15F4N3O3/c1-7(8-2-9(15)4-19-3-8)20-13(24)21-5-10(12(22)23)11(6-21)14(16,17)18/h2-4,7,10-11H,5-6H2,1H3,(H,20,24)(H,22,23)/t7?,10-,11-/m1/s1. The molecule has 10 heteroatoms. The van der Waals surface area contributed by atoms with E-state index in [1.165, 1.54) is 13.1 Å². The molecule has 2 rings (SSSR count). The molecule has 1 saturated heterocycles. The number of carbonyl (C=O) groups is 2. The zero-order valence-electron chi connectivity index (χ0n) is 12.5. The Morgan fingerprint density at radius 3 is 2.54 bits per heavy atom. The molecule has 1 aliphatic heterocycles.